The van der Waals surface area contributed by atoms with E-state index in [1.807, 2.05) is 6.92 Å². The third kappa shape index (κ3) is 5.64. The fourth-order valence-electron chi connectivity index (χ4n) is 1.92. The van der Waals surface area contributed by atoms with Crippen LogP contribution in [0.3, 0.4) is 0 Å². The van der Waals surface area contributed by atoms with Gasteiger partial charge in [0.05, 0.1) is 0 Å². The van der Waals surface area contributed by atoms with Crippen molar-refractivity contribution in [2.45, 2.75) is 25.5 Å². The van der Waals surface area contributed by atoms with Crippen molar-refractivity contribution in [3.63, 3.8) is 0 Å². The van der Waals surface area contributed by atoms with Crippen molar-refractivity contribution < 1.29 is 17.2 Å². The maximum Gasteiger partial charge on any atom is 0.350 e. The number of alkyl halides is 2. The molecule has 0 bridgehead atoms. The van der Waals surface area contributed by atoms with Gasteiger partial charge in [0.15, 0.2) is 5.96 Å². The molecule has 0 aliphatic carbocycles. The van der Waals surface area contributed by atoms with E-state index >= 15 is 0 Å². The number of hydrogen-bond donors (Lipinski definition) is 2. The minimum Gasteiger partial charge on any atom is -0.370 e. The highest BCUT2D eigenvalue weighted by Gasteiger charge is 2.34. The van der Waals surface area contributed by atoms with Gasteiger partial charge in [0.2, 0.25) is 0 Å². The van der Waals surface area contributed by atoms with E-state index in [9.17, 15) is 17.2 Å². The van der Waals surface area contributed by atoms with E-state index in [-0.39, 0.29) is 43.0 Å². The van der Waals surface area contributed by atoms with Gasteiger partial charge in [0.1, 0.15) is 0 Å². The number of nitrogens with zero attached hydrogens (tertiary/aromatic N) is 2. The Morgan fingerprint density at radius 1 is 1.45 bits per heavy atom. The number of sulfonamides is 1. The molecule has 1 aliphatic heterocycles. The van der Waals surface area contributed by atoms with Crippen LogP contribution in [0, 0.1) is 5.92 Å². The second-order valence-corrected chi connectivity index (χ2v) is 6.31. The third-order valence-corrected chi connectivity index (χ3v) is 4.57. The standard InChI is InChI=1S/C10H20F2N4O2S.HI/c1-2-14-10(13)15-7-8-3-5-16(6-4-8)19(17,18)9(11)12;/h8-9H,2-7H2,1H3,(H3,13,14,15);1H. The molecule has 20 heavy (non-hydrogen) atoms. The topological polar surface area (TPSA) is 87.8 Å². The van der Waals surface area contributed by atoms with Gasteiger partial charge in [0.25, 0.3) is 10.0 Å². The van der Waals surface area contributed by atoms with Crippen LogP contribution in [0.4, 0.5) is 8.78 Å². The van der Waals surface area contributed by atoms with Gasteiger partial charge in [-0.15, -0.1) is 24.0 Å². The molecular weight excluding hydrogens is 405 g/mol. The Kier molecular flexibility index (Phi) is 8.82. The molecule has 0 unspecified atom stereocenters. The summed E-state index contributed by atoms with van der Waals surface area (Å²) in [5, 5.41) is 2.86. The van der Waals surface area contributed by atoms with E-state index < -0.39 is 15.8 Å². The van der Waals surface area contributed by atoms with Crippen LogP contribution in [0.5, 0.6) is 0 Å². The van der Waals surface area contributed by atoms with Crippen LogP contribution in [0.25, 0.3) is 0 Å². The molecule has 6 nitrogen and oxygen atoms in total. The molecule has 3 N–H and O–H groups in total. The van der Waals surface area contributed by atoms with Crippen LogP contribution in [0.1, 0.15) is 19.8 Å². The molecular formula is C10H21F2IN4O2S. The van der Waals surface area contributed by atoms with Crippen LogP contribution in [-0.4, -0.2) is 50.6 Å². The van der Waals surface area contributed by atoms with Gasteiger partial charge in [0, 0.05) is 26.2 Å². The summed E-state index contributed by atoms with van der Waals surface area (Å²) in [5.74, 6) is -2.81. The van der Waals surface area contributed by atoms with Crippen molar-refractivity contribution in [2.24, 2.45) is 16.6 Å². The fourth-order valence-corrected chi connectivity index (χ4v) is 2.87. The molecule has 0 amide bonds. The minimum atomic E-state index is -4.44. The van der Waals surface area contributed by atoms with Gasteiger partial charge in [-0.25, -0.2) is 8.42 Å². The highest BCUT2D eigenvalue weighted by atomic mass is 127. The first-order valence-corrected chi connectivity index (χ1v) is 7.69. The summed E-state index contributed by atoms with van der Waals surface area (Å²) in [4.78, 5) is 4.13. The van der Waals surface area contributed by atoms with Gasteiger partial charge in [-0.2, -0.15) is 13.1 Å². The summed E-state index contributed by atoms with van der Waals surface area (Å²) in [6.45, 7) is 3.31. The van der Waals surface area contributed by atoms with Crippen molar-refractivity contribution >= 4 is 40.0 Å². The number of nitrogens with two attached hydrogens (primary N) is 1. The fraction of sp³-hybridized carbons (Fsp3) is 0.900. The van der Waals surface area contributed by atoms with Crippen molar-refractivity contribution in [3.8, 4) is 0 Å². The molecule has 1 fully saturated rings. The Morgan fingerprint density at radius 2 is 2.00 bits per heavy atom. The number of rotatable bonds is 5. The van der Waals surface area contributed by atoms with E-state index in [0.717, 1.165) is 4.31 Å². The SMILES string of the molecule is CCNC(N)=NCC1CCN(S(=O)(=O)C(F)F)CC1.I. The Bertz CT molecular complexity index is 411. The molecule has 0 aromatic rings. The molecule has 0 aromatic heterocycles. The van der Waals surface area contributed by atoms with E-state index in [1.165, 1.54) is 0 Å². The summed E-state index contributed by atoms with van der Waals surface area (Å²) in [7, 11) is -4.44. The first kappa shape index (κ1) is 19.8. The average molecular weight is 426 g/mol. The van der Waals surface area contributed by atoms with Crippen molar-refractivity contribution in [1.29, 1.82) is 0 Å². The molecule has 1 heterocycles. The zero-order valence-corrected chi connectivity index (χ0v) is 14.4. The average Bonchev–Trinajstić information content (AvgIpc) is 2.37. The maximum absolute atomic E-state index is 12.4. The number of nitrogens with one attached hydrogen (secondary N) is 1. The zero-order chi connectivity index (χ0) is 14.5. The van der Waals surface area contributed by atoms with Gasteiger partial charge < -0.3 is 11.1 Å². The molecule has 1 aliphatic rings. The van der Waals surface area contributed by atoms with Gasteiger partial charge in [-0.3, -0.25) is 4.99 Å². The number of guanidine groups is 1. The molecule has 0 saturated carbocycles. The highest BCUT2D eigenvalue weighted by Crippen LogP contribution is 2.22. The van der Waals surface area contributed by atoms with Crippen LogP contribution in [0.2, 0.25) is 0 Å². The second kappa shape index (κ2) is 8.93. The Morgan fingerprint density at radius 3 is 2.45 bits per heavy atom. The molecule has 1 rings (SSSR count). The molecule has 0 radical (unpaired) electrons. The summed E-state index contributed by atoms with van der Waals surface area (Å²) >= 11 is 0. The molecule has 1 saturated heterocycles. The summed E-state index contributed by atoms with van der Waals surface area (Å²) in [5.41, 5.74) is 5.57. The smallest absolute Gasteiger partial charge is 0.350 e. The second-order valence-electron chi connectivity index (χ2n) is 4.40. The predicted molar refractivity (Wildman–Crippen MR) is 84.8 cm³/mol. The highest BCUT2D eigenvalue weighted by molar-refractivity contribution is 14.0. The van der Waals surface area contributed by atoms with Gasteiger partial charge in [-0.05, 0) is 25.7 Å². The van der Waals surface area contributed by atoms with Crippen LogP contribution in [0.15, 0.2) is 4.99 Å². The van der Waals surface area contributed by atoms with Crippen LogP contribution >= 0.6 is 24.0 Å². The lowest BCUT2D eigenvalue weighted by Gasteiger charge is -2.30. The van der Waals surface area contributed by atoms with E-state index in [2.05, 4.69) is 10.3 Å². The third-order valence-electron chi connectivity index (χ3n) is 3.04. The van der Waals surface area contributed by atoms with E-state index in [1.54, 1.807) is 0 Å². The molecule has 120 valence electrons. The van der Waals surface area contributed by atoms with Crippen molar-refractivity contribution in [2.75, 3.05) is 26.2 Å². The number of hydrogen-bond acceptors (Lipinski definition) is 3. The monoisotopic (exact) mass is 426 g/mol. The largest absolute Gasteiger partial charge is 0.370 e. The van der Waals surface area contributed by atoms with Crippen molar-refractivity contribution in [3.05, 3.63) is 0 Å². The lowest BCUT2D eigenvalue weighted by molar-refractivity contribution is 0.205. The summed E-state index contributed by atoms with van der Waals surface area (Å²) < 4.78 is 48.1. The first-order valence-electron chi connectivity index (χ1n) is 6.18. The lowest BCUT2D eigenvalue weighted by Crippen LogP contribution is -2.42. The molecule has 0 spiro atoms. The quantitative estimate of drug-likeness (QED) is 0.387. The Balaban J connectivity index is 0.00000361. The zero-order valence-electron chi connectivity index (χ0n) is 11.3. The van der Waals surface area contributed by atoms with E-state index in [0.29, 0.717) is 31.9 Å². The van der Waals surface area contributed by atoms with Crippen LogP contribution < -0.4 is 11.1 Å². The normalized spacial score (nSPS) is 18.9. The number of piperidine rings is 1. The molecule has 10 heteroatoms. The summed E-state index contributed by atoms with van der Waals surface area (Å²) in [6, 6.07) is 0. The molecule has 0 aromatic carbocycles. The first-order chi connectivity index (χ1) is 8.87. The Labute approximate surface area is 135 Å². The minimum absolute atomic E-state index is 0. The van der Waals surface area contributed by atoms with Gasteiger partial charge >= 0.3 is 5.76 Å². The lowest BCUT2D eigenvalue weighted by atomic mass is 9.98. The van der Waals surface area contributed by atoms with E-state index in [4.69, 9.17) is 5.73 Å². The maximum atomic E-state index is 12.4. The van der Waals surface area contributed by atoms with Crippen molar-refractivity contribution in [1.82, 2.24) is 9.62 Å². The Hall–Kier alpha value is -0.230. The predicted octanol–water partition coefficient (Wildman–Crippen LogP) is 0.793. The van der Waals surface area contributed by atoms with Gasteiger partial charge in [-0.1, -0.05) is 0 Å². The molecule has 0 atom stereocenters. The number of halogens is 3. The summed E-state index contributed by atoms with van der Waals surface area (Å²) in [6.07, 6.45) is 1.05. The number of aliphatic imine (C=N–C) groups is 1. The van der Waals surface area contributed by atoms with Crippen LogP contribution in [-0.2, 0) is 10.0 Å².